The molecule has 7 nitrogen and oxygen atoms in total. The number of nitrogens with one attached hydrogen (secondary N) is 1. The number of benzene rings is 2. The van der Waals surface area contributed by atoms with E-state index in [1.54, 1.807) is 25.1 Å². The summed E-state index contributed by atoms with van der Waals surface area (Å²) < 4.78 is 36.0. The molecular weight excluding hydrogens is 388 g/mol. The molecule has 0 spiro atoms. The van der Waals surface area contributed by atoms with E-state index in [2.05, 4.69) is 10.3 Å². The zero-order valence-electron chi connectivity index (χ0n) is 14.4. The van der Waals surface area contributed by atoms with Gasteiger partial charge in [0.2, 0.25) is 0 Å². The van der Waals surface area contributed by atoms with Gasteiger partial charge < -0.3 is 9.47 Å². The number of nitrogens with zero attached hydrogens (tertiary/aromatic N) is 1. The average Bonchev–Trinajstić information content (AvgIpc) is 3.07. The summed E-state index contributed by atoms with van der Waals surface area (Å²) >= 11 is 1.31. The van der Waals surface area contributed by atoms with Crippen LogP contribution in [0.5, 0.6) is 11.5 Å². The highest BCUT2D eigenvalue weighted by Gasteiger charge is 2.18. The number of ether oxygens (including phenoxy) is 2. The summed E-state index contributed by atoms with van der Waals surface area (Å²) in [6.45, 7) is 2.55. The van der Waals surface area contributed by atoms with Crippen molar-refractivity contribution in [1.29, 1.82) is 0 Å². The Morgan fingerprint density at radius 2 is 1.93 bits per heavy atom. The molecule has 0 unspecified atom stereocenters. The Kier molecular flexibility index (Phi) is 4.48. The minimum absolute atomic E-state index is 0.0231. The number of hydrogen-bond acceptors (Lipinski definition) is 7. The fraction of sp³-hybridized carbons (Fsp3) is 0.222. The van der Waals surface area contributed by atoms with Gasteiger partial charge in [-0.1, -0.05) is 24.3 Å². The molecule has 1 aliphatic heterocycles. The van der Waals surface area contributed by atoms with E-state index in [0.29, 0.717) is 35.4 Å². The second-order valence-corrected chi connectivity index (χ2v) is 9.18. The van der Waals surface area contributed by atoms with E-state index in [-0.39, 0.29) is 16.2 Å². The molecule has 1 aromatic heterocycles. The van der Waals surface area contributed by atoms with E-state index in [9.17, 15) is 13.2 Å². The summed E-state index contributed by atoms with van der Waals surface area (Å²) in [5, 5.41) is 3.14. The fourth-order valence-corrected chi connectivity index (χ4v) is 4.48. The summed E-state index contributed by atoms with van der Waals surface area (Å²) in [5.41, 5.74) is 0.955. The van der Waals surface area contributed by atoms with Gasteiger partial charge in [0.25, 0.3) is 5.91 Å². The lowest BCUT2D eigenvalue weighted by Gasteiger charge is -2.17. The first-order valence-electron chi connectivity index (χ1n) is 8.30. The van der Waals surface area contributed by atoms with Crippen molar-refractivity contribution in [3.05, 3.63) is 42.0 Å². The summed E-state index contributed by atoms with van der Waals surface area (Å²) in [4.78, 5) is 17.1. The molecule has 0 saturated heterocycles. The van der Waals surface area contributed by atoms with Gasteiger partial charge in [-0.3, -0.25) is 10.1 Å². The van der Waals surface area contributed by atoms with Gasteiger partial charge in [-0.05, 0) is 18.2 Å². The van der Waals surface area contributed by atoms with E-state index in [0.717, 1.165) is 4.70 Å². The molecule has 27 heavy (non-hydrogen) atoms. The number of amides is 1. The summed E-state index contributed by atoms with van der Waals surface area (Å²) in [5.74, 6) is 0.853. The van der Waals surface area contributed by atoms with E-state index < -0.39 is 15.7 Å². The normalized spacial score (nSPS) is 13.5. The second-order valence-electron chi connectivity index (χ2n) is 5.87. The van der Waals surface area contributed by atoms with Crippen LogP contribution in [0.2, 0.25) is 0 Å². The maximum atomic E-state index is 12.5. The van der Waals surface area contributed by atoms with Crippen LogP contribution in [0, 0.1) is 0 Å². The molecule has 140 valence electrons. The third kappa shape index (κ3) is 3.47. The average molecular weight is 404 g/mol. The van der Waals surface area contributed by atoms with E-state index in [1.807, 2.05) is 6.07 Å². The topological polar surface area (TPSA) is 94.6 Å². The molecule has 0 saturated carbocycles. The molecular formula is C18H16N2O5S2. The number of sulfone groups is 1. The van der Waals surface area contributed by atoms with E-state index >= 15 is 0 Å². The van der Waals surface area contributed by atoms with Gasteiger partial charge >= 0.3 is 0 Å². The van der Waals surface area contributed by atoms with Crippen LogP contribution in [0.1, 0.15) is 17.3 Å². The Bertz CT molecular complexity index is 1090. The van der Waals surface area contributed by atoms with Crippen molar-refractivity contribution in [2.24, 2.45) is 0 Å². The Hall–Kier alpha value is -2.65. The molecule has 2 aromatic carbocycles. The van der Waals surface area contributed by atoms with Crippen molar-refractivity contribution in [1.82, 2.24) is 4.98 Å². The Morgan fingerprint density at radius 3 is 2.67 bits per heavy atom. The SMILES string of the molecule is CCS(=O)(=O)c1cccc(C(=O)Nc2nc3cc4c(cc3s2)OCCO4)c1. The largest absolute Gasteiger partial charge is 0.486 e. The van der Waals surface area contributed by atoms with Gasteiger partial charge in [0.05, 0.1) is 20.9 Å². The van der Waals surface area contributed by atoms with Crippen LogP contribution in [0.4, 0.5) is 5.13 Å². The first-order chi connectivity index (χ1) is 13.0. The van der Waals surface area contributed by atoms with Crippen molar-refractivity contribution in [3.63, 3.8) is 0 Å². The number of hydrogen-bond donors (Lipinski definition) is 1. The number of thiazole rings is 1. The fourth-order valence-electron chi connectivity index (χ4n) is 2.69. The summed E-state index contributed by atoms with van der Waals surface area (Å²) in [6.07, 6.45) is 0. The van der Waals surface area contributed by atoms with Crippen LogP contribution in [0.3, 0.4) is 0 Å². The minimum atomic E-state index is -3.38. The highest BCUT2D eigenvalue weighted by Crippen LogP contribution is 2.37. The quantitative estimate of drug-likeness (QED) is 0.718. The predicted molar refractivity (Wildman–Crippen MR) is 103 cm³/mol. The molecule has 0 radical (unpaired) electrons. The van der Waals surface area contributed by atoms with Crippen molar-refractivity contribution in [3.8, 4) is 11.5 Å². The first-order valence-corrected chi connectivity index (χ1v) is 10.8. The number of rotatable bonds is 4. The Labute approximate surface area is 159 Å². The van der Waals surface area contributed by atoms with Gasteiger partial charge in [-0.2, -0.15) is 0 Å². The highest BCUT2D eigenvalue weighted by atomic mass is 32.2. The smallest absolute Gasteiger partial charge is 0.257 e. The van der Waals surface area contributed by atoms with Crippen LogP contribution < -0.4 is 14.8 Å². The van der Waals surface area contributed by atoms with Crippen LogP contribution in [0.15, 0.2) is 41.3 Å². The van der Waals surface area contributed by atoms with Gasteiger partial charge in [0.15, 0.2) is 26.5 Å². The lowest BCUT2D eigenvalue weighted by molar-refractivity contribution is 0.102. The maximum absolute atomic E-state index is 12.5. The van der Waals surface area contributed by atoms with Crippen LogP contribution in [-0.4, -0.2) is 38.3 Å². The molecule has 1 amide bonds. The van der Waals surface area contributed by atoms with Crippen LogP contribution >= 0.6 is 11.3 Å². The molecule has 0 bridgehead atoms. The highest BCUT2D eigenvalue weighted by molar-refractivity contribution is 7.91. The van der Waals surface area contributed by atoms with E-state index in [1.165, 1.54) is 23.5 Å². The molecule has 2 heterocycles. The minimum Gasteiger partial charge on any atom is -0.486 e. The van der Waals surface area contributed by atoms with E-state index in [4.69, 9.17) is 9.47 Å². The molecule has 3 aromatic rings. The van der Waals surface area contributed by atoms with Crippen molar-refractivity contribution < 1.29 is 22.7 Å². The molecule has 1 N–H and O–H groups in total. The van der Waals surface area contributed by atoms with Crippen molar-refractivity contribution >= 4 is 42.4 Å². The second kappa shape index (κ2) is 6.82. The Morgan fingerprint density at radius 1 is 1.19 bits per heavy atom. The molecule has 0 aliphatic carbocycles. The molecule has 4 rings (SSSR count). The zero-order valence-corrected chi connectivity index (χ0v) is 16.0. The molecule has 9 heteroatoms. The van der Waals surface area contributed by atoms with Crippen LogP contribution in [0.25, 0.3) is 10.2 Å². The van der Waals surface area contributed by atoms with Gasteiger partial charge in [0.1, 0.15) is 13.2 Å². The number of carbonyl (C=O) groups is 1. The molecule has 0 atom stereocenters. The summed E-state index contributed by atoms with van der Waals surface area (Å²) in [6, 6.07) is 9.60. The zero-order chi connectivity index (χ0) is 19.0. The van der Waals surface area contributed by atoms with Gasteiger partial charge in [-0.25, -0.2) is 13.4 Å². The number of fused-ring (bicyclic) bond motifs is 2. The molecule has 0 fully saturated rings. The molecule has 1 aliphatic rings. The van der Waals surface area contributed by atoms with Crippen molar-refractivity contribution in [2.45, 2.75) is 11.8 Å². The maximum Gasteiger partial charge on any atom is 0.257 e. The number of anilines is 1. The van der Waals surface area contributed by atoms with Crippen molar-refractivity contribution in [2.75, 3.05) is 24.3 Å². The number of aromatic nitrogens is 1. The number of carbonyl (C=O) groups excluding carboxylic acids is 1. The van der Waals surface area contributed by atoms with Crippen LogP contribution in [-0.2, 0) is 9.84 Å². The Balaban J connectivity index is 1.60. The third-order valence-electron chi connectivity index (χ3n) is 4.11. The third-order valence-corrected chi connectivity index (χ3v) is 6.77. The lowest BCUT2D eigenvalue weighted by Crippen LogP contribution is -2.15. The van der Waals surface area contributed by atoms with Gasteiger partial charge in [0, 0.05) is 17.7 Å². The predicted octanol–water partition coefficient (Wildman–Crippen LogP) is 3.11. The summed E-state index contributed by atoms with van der Waals surface area (Å²) in [7, 11) is -3.38. The standard InChI is InChI=1S/C18H16N2O5S2/c1-2-27(22,23)12-5-3-4-11(8-12)17(21)20-18-19-13-9-14-15(10-16(13)26-18)25-7-6-24-14/h3-5,8-10H,2,6-7H2,1H3,(H,19,20,21). The van der Waals surface area contributed by atoms with Gasteiger partial charge in [-0.15, -0.1) is 0 Å². The first kappa shape index (κ1) is 17.7. The monoisotopic (exact) mass is 404 g/mol. The lowest BCUT2D eigenvalue weighted by atomic mass is 10.2.